The number of rotatable bonds is 6. The third kappa shape index (κ3) is 5.06. The van der Waals surface area contributed by atoms with Crippen molar-refractivity contribution in [2.45, 2.75) is 37.8 Å². The quantitative estimate of drug-likeness (QED) is 0.778. The van der Waals surface area contributed by atoms with E-state index in [4.69, 9.17) is 4.74 Å². The van der Waals surface area contributed by atoms with Crippen molar-refractivity contribution in [1.82, 2.24) is 5.32 Å². The number of aliphatic hydroxyl groups excluding tert-OH is 1. The van der Waals surface area contributed by atoms with E-state index in [0.29, 0.717) is 19.2 Å². The van der Waals surface area contributed by atoms with Crippen LogP contribution >= 0.6 is 31.9 Å². The number of benzene rings is 1. The average Bonchev–Trinajstić information content (AvgIpc) is 2.88. The van der Waals surface area contributed by atoms with Crippen molar-refractivity contribution < 1.29 is 9.84 Å². The van der Waals surface area contributed by atoms with Gasteiger partial charge >= 0.3 is 0 Å². The molecule has 1 saturated carbocycles. The molecule has 5 heteroatoms. The van der Waals surface area contributed by atoms with Gasteiger partial charge in [0.2, 0.25) is 0 Å². The molecule has 0 unspecified atom stereocenters. The fraction of sp³-hybridized carbons (Fsp3) is 0.571. The lowest BCUT2D eigenvalue weighted by Gasteiger charge is -2.17. The van der Waals surface area contributed by atoms with Crippen molar-refractivity contribution in [3.8, 4) is 5.75 Å². The predicted octanol–water partition coefficient (Wildman–Crippen LogP) is 3.48. The Bertz CT molecular complexity index is 408. The Morgan fingerprint density at radius 1 is 1.32 bits per heavy atom. The first-order valence-electron chi connectivity index (χ1n) is 6.64. The normalized spacial score (nSPS) is 17.6. The fourth-order valence-corrected chi connectivity index (χ4v) is 3.43. The summed E-state index contributed by atoms with van der Waals surface area (Å²) >= 11 is 6.83. The lowest BCUT2D eigenvalue weighted by atomic mass is 10.2. The molecule has 1 atom stereocenters. The van der Waals surface area contributed by atoms with Crippen LogP contribution in [0.4, 0.5) is 0 Å². The molecule has 1 fully saturated rings. The second-order valence-electron chi connectivity index (χ2n) is 4.93. The topological polar surface area (TPSA) is 41.5 Å². The molecule has 0 aliphatic heterocycles. The van der Waals surface area contributed by atoms with E-state index in [1.54, 1.807) is 0 Å². The maximum atomic E-state index is 9.90. The average molecular weight is 393 g/mol. The standard InChI is InChI=1S/C14H19Br2NO2/c15-10-5-6-14(13(16)7-10)19-9-12(18)8-17-11-3-1-2-4-11/h5-7,11-12,17-18H,1-4,8-9H2/t12-/m1/s1. The predicted molar refractivity (Wildman–Crippen MR) is 83.6 cm³/mol. The van der Waals surface area contributed by atoms with Gasteiger partial charge in [-0.2, -0.15) is 0 Å². The zero-order chi connectivity index (χ0) is 13.7. The largest absolute Gasteiger partial charge is 0.490 e. The molecule has 3 nitrogen and oxygen atoms in total. The molecule has 0 heterocycles. The van der Waals surface area contributed by atoms with Crippen LogP contribution in [-0.2, 0) is 0 Å². The van der Waals surface area contributed by atoms with Crippen molar-refractivity contribution in [1.29, 1.82) is 0 Å². The van der Waals surface area contributed by atoms with E-state index in [2.05, 4.69) is 37.2 Å². The summed E-state index contributed by atoms with van der Waals surface area (Å²) in [6.07, 6.45) is 4.58. The molecule has 1 aromatic carbocycles. The van der Waals surface area contributed by atoms with Gasteiger partial charge < -0.3 is 15.2 Å². The van der Waals surface area contributed by atoms with Crippen LogP contribution in [0.5, 0.6) is 5.75 Å². The maximum absolute atomic E-state index is 9.90. The van der Waals surface area contributed by atoms with Crippen molar-refractivity contribution in [2.75, 3.05) is 13.2 Å². The second-order valence-corrected chi connectivity index (χ2v) is 6.70. The van der Waals surface area contributed by atoms with Crippen LogP contribution in [0.25, 0.3) is 0 Å². The molecule has 0 amide bonds. The highest BCUT2D eigenvalue weighted by Gasteiger charge is 2.16. The van der Waals surface area contributed by atoms with E-state index in [1.165, 1.54) is 25.7 Å². The summed E-state index contributed by atoms with van der Waals surface area (Å²) in [4.78, 5) is 0. The summed E-state index contributed by atoms with van der Waals surface area (Å²) in [7, 11) is 0. The Labute approximate surface area is 131 Å². The molecule has 0 aromatic heterocycles. The van der Waals surface area contributed by atoms with Gasteiger partial charge in [0.25, 0.3) is 0 Å². The van der Waals surface area contributed by atoms with E-state index in [1.807, 2.05) is 18.2 Å². The van der Waals surface area contributed by atoms with Crippen LogP contribution in [0.3, 0.4) is 0 Å². The van der Waals surface area contributed by atoms with Crippen LogP contribution in [0.15, 0.2) is 27.1 Å². The van der Waals surface area contributed by atoms with Crippen LogP contribution in [-0.4, -0.2) is 30.4 Å². The third-order valence-corrected chi connectivity index (χ3v) is 4.44. The molecule has 0 bridgehead atoms. The molecule has 1 aliphatic carbocycles. The lowest BCUT2D eigenvalue weighted by Crippen LogP contribution is -2.36. The summed E-state index contributed by atoms with van der Waals surface area (Å²) in [5, 5.41) is 13.3. The van der Waals surface area contributed by atoms with E-state index >= 15 is 0 Å². The van der Waals surface area contributed by atoms with Crippen molar-refractivity contribution in [3.63, 3.8) is 0 Å². The third-order valence-electron chi connectivity index (χ3n) is 3.32. The van der Waals surface area contributed by atoms with E-state index in [9.17, 15) is 5.11 Å². The van der Waals surface area contributed by atoms with Gasteiger partial charge in [-0.05, 0) is 47.0 Å². The molecule has 0 radical (unpaired) electrons. The Morgan fingerprint density at radius 2 is 2.05 bits per heavy atom. The summed E-state index contributed by atoms with van der Waals surface area (Å²) in [5.74, 6) is 0.753. The van der Waals surface area contributed by atoms with Gasteiger partial charge in [-0.25, -0.2) is 0 Å². The number of hydrogen-bond donors (Lipinski definition) is 2. The molecular formula is C14H19Br2NO2. The molecule has 1 aliphatic rings. The zero-order valence-corrected chi connectivity index (χ0v) is 13.9. The molecule has 106 valence electrons. The van der Waals surface area contributed by atoms with E-state index in [0.717, 1.165) is 14.7 Å². The highest BCUT2D eigenvalue weighted by molar-refractivity contribution is 9.11. The molecule has 2 rings (SSSR count). The zero-order valence-electron chi connectivity index (χ0n) is 10.7. The van der Waals surface area contributed by atoms with Gasteiger partial charge in [0.05, 0.1) is 4.47 Å². The molecule has 1 aromatic rings. The summed E-state index contributed by atoms with van der Waals surface area (Å²) in [6, 6.07) is 6.31. The Morgan fingerprint density at radius 3 is 2.74 bits per heavy atom. The van der Waals surface area contributed by atoms with Crippen molar-refractivity contribution in [3.05, 3.63) is 27.1 Å². The highest BCUT2D eigenvalue weighted by Crippen LogP contribution is 2.28. The minimum absolute atomic E-state index is 0.306. The lowest BCUT2D eigenvalue weighted by molar-refractivity contribution is 0.103. The fourth-order valence-electron chi connectivity index (χ4n) is 2.27. The van der Waals surface area contributed by atoms with Gasteiger partial charge in [0.15, 0.2) is 0 Å². The van der Waals surface area contributed by atoms with E-state index < -0.39 is 6.10 Å². The first kappa shape index (κ1) is 15.3. The Hall–Kier alpha value is -0.100. The smallest absolute Gasteiger partial charge is 0.133 e. The number of hydrogen-bond acceptors (Lipinski definition) is 3. The first-order chi connectivity index (χ1) is 9.15. The van der Waals surface area contributed by atoms with E-state index in [-0.39, 0.29) is 0 Å². The molecule has 2 N–H and O–H groups in total. The molecule has 0 spiro atoms. The Balaban J connectivity index is 1.71. The van der Waals surface area contributed by atoms with Gasteiger partial charge in [0.1, 0.15) is 18.5 Å². The monoisotopic (exact) mass is 391 g/mol. The van der Waals surface area contributed by atoms with Crippen LogP contribution in [0, 0.1) is 0 Å². The summed E-state index contributed by atoms with van der Waals surface area (Å²) in [6.45, 7) is 0.902. The molecule has 0 saturated heterocycles. The maximum Gasteiger partial charge on any atom is 0.133 e. The SMILES string of the molecule is O[C@H](CNC1CCCC1)COc1ccc(Br)cc1Br. The minimum Gasteiger partial charge on any atom is -0.490 e. The first-order valence-corrected chi connectivity index (χ1v) is 8.23. The highest BCUT2D eigenvalue weighted by atomic mass is 79.9. The van der Waals surface area contributed by atoms with Crippen molar-refractivity contribution in [2.24, 2.45) is 0 Å². The van der Waals surface area contributed by atoms with Crippen LogP contribution in [0.2, 0.25) is 0 Å². The van der Waals surface area contributed by atoms with Crippen LogP contribution < -0.4 is 10.1 Å². The van der Waals surface area contributed by atoms with Gasteiger partial charge in [0, 0.05) is 17.1 Å². The van der Waals surface area contributed by atoms with Gasteiger partial charge in [-0.15, -0.1) is 0 Å². The number of nitrogens with one attached hydrogen (secondary N) is 1. The molecule has 19 heavy (non-hydrogen) atoms. The second kappa shape index (κ2) is 7.62. The summed E-state index contributed by atoms with van der Waals surface area (Å²) in [5.41, 5.74) is 0. The molecular weight excluding hydrogens is 374 g/mol. The van der Waals surface area contributed by atoms with Gasteiger partial charge in [-0.3, -0.25) is 0 Å². The minimum atomic E-state index is -0.476. The van der Waals surface area contributed by atoms with Crippen LogP contribution in [0.1, 0.15) is 25.7 Å². The number of halogens is 2. The number of aliphatic hydroxyl groups is 1. The van der Waals surface area contributed by atoms with Gasteiger partial charge in [-0.1, -0.05) is 28.8 Å². The number of ether oxygens (including phenoxy) is 1. The Kier molecular flexibility index (Phi) is 6.13. The summed E-state index contributed by atoms with van der Waals surface area (Å²) < 4.78 is 7.49. The van der Waals surface area contributed by atoms with Crippen molar-refractivity contribution >= 4 is 31.9 Å².